The van der Waals surface area contributed by atoms with Crippen LogP contribution in [0.25, 0.3) is 0 Å². The third-order valence-electron chi connectivity index (χ3n) is 5.92. The van der Waals surface area contributed by atoms with Crippen LogP contribution in [0, 0.1) is 0 Å². The summed E-state index contributed by atoms with van der Waals surface area (Å²) in [7, 11) is 7.83. The molecule has 0 rings (SSSR count). The summed E-state index contributed by atoms with van der Waals surface area (Å²) in [5.41, 5.74) is 0. The summed E-state index contributed by atoms with van der Waals surface area (Å²) in [5, 5.41) is 39.9. The van der Waals surface area contributed by atoms with E-state index in [4.69, 9.17) is 0 Å². The van der Waals surface area contributed by atoms with Crippen molar-refractivity contribution >= 4 is 42.3 Å². The van der Waals surface area contributed by atoms with Crippen LogP contribution in [0.1, 0.15) is 146 Å². The van der Waals surface area contributed by atoms with Crippen molar-refractivity contribution in [1.29, 1.82) is 0 Å². The number of likely N-dealkylation sites (N-methyl/N-ethyl adjacent to an activating group) is 2. The van der Waals surface area contributed by atoms with Gasteiger partial charge in [0.05, 0.1) is 0 Å². The zero-order chi connectivity index (χ0) is 35.6. The van der Waals surface area contributed by atoms with Crippen LogP contribution in [0.4, 0.5) is 0 Å². The standard InChI is InChI=1S/2C7H16NO.4C4H9.2C3H7O.2Sn/c2*1-4-5-7(6-9)8(2)3;4*1-3-4-2;2*1-3(2)4;;/h2*7H,4-6H2,1-3H3;4*1,3-4H2,2H3;2*3H,1-2H3;;/q2*-1;;;;;2*-1;2*+2. The monoisotopic (exact) mass is 846 g/mol. The molecular weight excluding hydrogens is 762 g/mol. The molecule has 0 fully saturated rings. The fraction of sp³-hybridized carbons (Fsp3) is 1.00. The van der Waals surface area contributed by atoms with Crippen LogP contribution in [0.3, 0.4) is 0 Å². The van der Waals surface area contributed by atoms with E-state index in [-0.39, 0.29) is 67.6 Å². The van der Waals surface area contributed by atoms with E-state index in [1.54, 1.807) is 45.4 Å². The number of hydrogen-bond acceptors (Lipinski definition) is 6. The Kier molecular flexibility index (Phi) is 70.5. The van der Waals surface area contributed by atoms with Gasteiger partial charge in [0.25, 0.3) is 0 Å². The Morgan fingerprint density at radius 2 is 0.659 bits per heavy atom. The second kappa shape index (κ2) is 53.8. The van der Waals surface area contributed by atoms with Gasteiger partial charge in [-0.25, -0.2) is 0 Å². The van der Waals surface area contributed by atoms with Gasteiger partial charge in [-0.3, -0.25) is 0 Å². The van der Waals surface area contributed by atoms with E-state index in [0.29, 0.717) is 0 Å². The van der Waals surface area contributed by atoms with Crippen molar-refractivity contribution < 1.29 is 20.4 Å². The van der Waals surface area contributed by atoms with E-state index in [0.717, 1.165) is 25.7 Å². The van der Waals surface area contributed by atoms with Gasteiger partial charge in [-0.05, 0) is 53.1 Å². The number of unbranched alkanes of at least 4 members (excludes halogenated alkanes) is 4. The Hall–Kier alpha value is 1.36. The second-order valence-electron chi connectivity index (χ2n) is 12.2. The van der Waals surface area contributed by atoms with Crippen molar-refractivity contribution in [2.75, 3.05) is 41.4 Å². The summed E-state index contributed by atoms with van der Waals surface area (Å²) in [6.07, 6.45) is 15.1. The third-order valence-corrected chi connectivity index (χ3v) is 14.0. The van der Waals surface area contributed by atoms with Gasteiger partial charge < -0.3 is 30.2 Å². The molecule has 8 heteroatoms. The van der Waals surface area contributed by atoms with Gasteiger partial charge in [0, 0.05) is 0 Å². The van der Waals surface area contributed by atoms with Crippen molar-refractivity contribution in [3.05, 3.63) is 0 Å². The first-order chi connectivity index (χ1) is 20.7. The molecule has 0 spiro atoms. The molecule has 0 heterocycles. The van der Waals surface area contributed by atoms with Gasteiger partial charge in [0.2, 0.25) is 0 Å². The zero-order valence-corrected chi connectivity index (χ0v) is 38.3. The Balaban J connectivity index is -0.000000101. The van der Waals surface area contributed by atoms with Crippen molar-refractivity contribution in [2.45, 2.75) is 188 Å². The first-order valence-electron chi connectivity index (χ1n) is 18.0. The van der Waals surface area contributed by atoms with Gasteiger partial charge in [0.15, 0.2) is 0 Å². The Bertz CT molecular complexity index is 377. The van der Waals surface area contributed by atoms with Crippen LogP contribution < -0.4 is 20.4 Å². The van der Waals surface area contributed by atoms with E-state index >= 15 is 0 Å². The maximum atomic E-state index is 10.4. The summed E-state index contributed by atoms with van der Waals surface area (Å²) in [5.74, 6) is 0. The predicted octanol–water partition coefficient (Wildman–Crippen LogP) is 5.92. The molecule has 0 radical (unpaired) electrons. The van der Waals surface area contributed by atoms with Gasteiger partial charge in [0.1, 0.15) is 0 Å². The van der Waals surface area contributed by atoms with Crippen molar-refractivity contribution in [3.63, 3.8) is 0 Å². The van der Waals surface area contributed by atoms with E-state index < -0.39 is 12.2 Å². The van der Waals surface area contributed by atoms with Gasteiger partial charge in [-0.15, -0.1) is 25.4 Å². The third kappa shape index (κ3) is 79.1. The summed E-state index contributed by atoms with van der Waals surface area (Å²) >= 11 is 0.299. The molecule has 0 amide bonds. The Morgan fingerprint density at radius 1 is 0.455 bits per heavy atom. The fourth-order valence-electron chi connectivity index (χ4n) is 3.10. The Morgan fingerprint density at radius 3 is 0.750 bits per heavy atom. The number of rotatable bonds is 20. The first kappa shape index (κ1) is 57.6. The minimum absolute atomic E-state index is 0.0286. The van der Waals surface area contributed by atoms with Crippen LogP contribution in [-0.2, 0) is 0 Å². The predicted molar refractivity (Wildman–Crippen MR) is 195 cm³/mol. The molecule has 0 aliphatic heterocycles. The quantitative estimate of drug-likeness (QED) is 0.112. The molecule has 0 aliphatic rings. The second-order valence-corrected chi connectivity index (χ2v) is 20.7. The fourth-order valence-corrected chi connectivity index (χ4v) is 11.4. The Labute approximate surface area is 300 Å². The average Bonchev–Trinajstić information content (AvgIpc) is 2.94. The van der Waals surface area contributed by atoms with Gasteiger partial charge >= 0.3 is 139 Å². The van der Waals surface area contributed by atoms with Crippen molar-refractivity contribution in [3.8, 4) is 0 Å². The molecule has 0 saturated heterocycles. The molecule has 268 valence electrons. The molecule has 2 unspecified atom stereocenters. The normalized spacial score (nSPS) is 11.2. The van der Waals surface area contributed by atoms with Crippen LogP contribution in [0.2, 0.25) is 17.7 Å². The van der Waals surface area contributed by atoms with Crippen LogP contribution in [0.15, 0.2) is 0 Å². The van der Waals surface area contributed by atoms with Gasteiger partial charge in [-0.1, -0.05) is 54.4 Å². The molecule has 0 bridgehead atoms. The molecule has 44 heavy (non-hydrogen) atoms. The zero-order valence-electron chi connectivity index (χ0n) is 32.6. The SMILES string of the molecule is CC(C)[O-].CC(C)[O-].CCCC(C[O-])N(C)C.CCCC(C[O-])N(C)C.CCC[CH2][Sn+2][CH2]CCC.CCC[CH2][Sn+2][CH2]CCC. The molecule has 0 aromatic rings. The maximum absolute atomic E-state index is 10.4. The topological polar surface area (TPSA) is 98.7 Å². The average molecular weight is 844 g/mol. The molecule has 0 aromatic heterocycles. The molecule has 0 aliphatic carbocycles. The first-order valence-corrected chi connectivity index (χ1v) is 26.0. The van der Waals surface area contributed by atoms with Crippen molar-refractivity contribution in [2.24, 2.45) is 0 Å². The van der Waals surface area contributed by atoms with Crippen molar-refractivity contribution in [1.82, 2.24) is 9.80 Å². The minimum atomic E-state index is -0.417. The molecule has 0 N–H and O–H groups in total. The molecule has 0 saturated carbocycles. The number of hydrogen-bond donors (Lipinski definition) is 0. The van der Waals surface area contributed by atoms with Crippen LogP contribution >= 0.6 is 0 Å². The van der Waals surface area contributed by atoms with E-state index in [1.165, 1.54) is 51.4 Å². The van der Waals surface area contributed by atoms with Crippen LogP contribution in [-0.4, -0.2) is 118 Å². The molecule has 6 nitrogen and oxygen atoms in total. The summed E-state index contributed by atoms with van der Waals surface area (Å²) in [6.45, 7) is 19.9. The molecular formula is C36H82N2O4Sn2. The van der Waals surface area contributed by atoms with Crippen LogP contribution in [0.5, 0.6) is 0 Å². The summed E-state index contributed by atoms with van der Waals surface area (Å²) in [4.78, 5) is 3.99. The van der Waals surface area contributed by atoms with E-state index in [9.17, 15) is 20.4 Å². The van der Waals surface area contributed by atoms with Gasteiger partial charge in [-0.2, -0.15) is 0 Å². The summed E-state index contributed by atoms with van der Waals surface area (Å²) < 4.78 is 6.50. The number of nitrogens with zero attached hydrogens (tertiary/aromatic N) is 2. The van der Waals surface area contributed by atoms with E-state index in [1.807, 2.05) is 38.0 Å². The molecule has 0 aromatic carbocycles. The van der Waals surface area contributed by atoms with E-state index in [2.05, 4.69) is 41.5 Å². The molecule has 2 atom stereocenters. The summed E-state index contributed by atoms with van der Waals surface area (Å²) in [6, 6.07) is 0.491.